The molecule has 1 amide bonds. The minimum absolute atomic E-state index is 0.0135. The lowest BCUT2D eigenvalue weighted by Gasteiger charge is -2.35. The van der Waals surface area contributed by atoms with E-state index in [2.05, 4.69) is 19.8 Å². The summed E-state index contributed by atoms with van der Waals surface area (Å²) in [4.78, 5) is 35.1. The van der Waals surface area contributed by atoms with Crippen molar-refractivity contribution in [2.45, 2.75) is 55.9 Å². The van der Waals surface area contributed by atoms with E-state index < -0.39 is 23.3 Å². The Morgan fingerprint density at radius 3 is 2.80 bits per heavy atom. The number of carbonyl (C=O) groups excluding carboxylic acids is 1. The van der Waals surface area contributed by atoms with Gasteiger partial charge in [-0.05, 0) is 50.7 Å². The number of aromatic nitrogens is 3. The molecule has 0 aliphatic carbocycles. The highest BCUT2D eigenvalue weighted by molar-refractivity contribution is 6.36. The third kappa shape index (κ3) is 5.75. The van der Waals surface area contributed by atoms with Gasteiger partial charge in [0, 0.05) is 75.0 Å². The van der Waals surface area contributed by atoms with E-state index >= 15 is 4.39 Å². The second-order valence-electron chi connectivity index (χ2n) is 14.2. The Morgan fingerprint density at radius 2 is 2.00 bits per heavy atom. The first-order valence-corrected chi connectivity index (χ1v) is 17.6. The van der Waals surface area contributed by atoms with E-state index in [9.17, 15) is 13.6 Å². The van der Waals surface area contributed by atoms with Crippen LogP contribution in [0.4, 0.5) is 19.0 Å². The molecule has 4 atom stereocenters. The summed E-state index contributed by atoms with van der Waals surface area (Å²) in [5.74, 6) is -0.973. The first-order chi connectivity index (χ1) is 24.1. The van der Waals surface area contributed by atoms with Gasteiger partial charge >= 0.3 is 6.01 Å². The first-order valence-electron chi connectivity index (χ1n) is 17.3. The van der Waals surface area contributed by atoms with Gasteiger partial charge in [-0.15, -0.1) is 0 Å². The number of benzene rings is 2. The van der Waals surface area contributed by atoms with Crippen molar-refractivity contribution in [2.75, 3.05) is 58.3 Å². The SMILES string of the molecule is CN1CC[C@H]1/C=C/C(=O)N1CC[C@@H](N(C)c2nc(OC[C@@]34CCCN3C[C@H](F)C4)nc3c(F)c(-c4cccc5ccc(F)c(Cl)c45)ncc23)C1. The largest absolute Gasteiger partial charge is 0.461 e. The maximum absolute atomic E-state index is 16.8. The Labute approximate surface area is 293 Å². The summed E-state index contributed by atoms with van der Waals surface area (Å²) in [7, 11) is 3.91. The highest BCUT2D eigenvalue weighted by Crippen LogP contribution is 2.42. The van der Waals surface area contributed by atoms with Crippen LogP contribution >= 0.6 is 11.6 Å². The van der Waals surface area contributed by atoms with Crippen molar-refractivity contribution in [2.24, 2.45) is 0 Å². The van der Waals surface area contributed by atoms with E-state index in [4.69, 9.17) is 21.3 Å². The number of anilines is 1. The standard InChI is InChI=1S/C37H39ClF3N7O2/c1-45-15-11-24(45)8-10-29(49)47-16-12-25(20-47)46(2)35-27-18-42-33(26-6-3-5-22-7-9-28(40)31(38)30(22)26)32(41)34(27)43-36(44-35)50-21-37-13-4-14-48(37)19-23(39)17-37/h3,5-10,18,23-25H,4,11-17,19-21H2,1-2H3/b10-8+/t23-,24-,25-,37+/m1/s1. The quantitative estimate of drug-likeness (QED) is 0.206. The molecule has 262 valence electrons. The van der Waals surface area contributed by atoms with Gasteiger partial charge in [0.05, 0.1) is 15.9 Å². The number of hydrogen-bond donors (Lipinski definition) is 0. The van der Waals surface area contributed by atoms with Gasteiger partial charge in [-0.3, -0.25) is 19.6 Å². The molecule has 13 heteroatoms. The second kappa shape index (κ2) is 13.0. The fraction of sp³-hybridized carbons (Fsp3) is 0.459. The third-order valence-corrected chi connectivity index (χ3v) is 11.6. The Balaban J connectivity index is 1.16. The van der Waals surface area contributed by atoms with Gasteiger partial charge in [0.2, 0.25) is 5.91 Å². The van der Waals surface area contributed by atoms with Crippen LogP contribution in [-0.4, -0.2) is 113 Å². The van der Waals surface area contributed by atoms with Crippen molar-refractivity contribution in [3.63, 3.8) is 0 Å². The molecule has 0 spiro atoms. The molecule has 2 aromatic carbocycles. The molecule has 4 aliphatic heterocycles. The molecule has 8 rings (SSSR count). The van der Waals surface area contributed by atoms with E-state index in [0.717, 1.165) is 32.4 Å². The molecule has 2 aromatic heterocycles. The third-order valence-electron chi connectivity index (χ3n) is 11.2. The van der Waals surface area contributed by atoms with Gasteiger partial charge in [-0.2, -0.15) is 9.97 Å². The first kappa shape index (κ1) is 33.2. The van der Waals surface area contributed by atoms with E-state index in [1.165, 1.54) is 12.3 Å². The zero-order chi connectivity index (χ0) is 34.7. The Morgan fingerprint density at radius 1 is 1.14 bits per heavy atom. The lowest BCUT2D eigenvalue weighted by atomic mass is 9.95. The van der Waals surface area contributed by atoms with Gasteiger partial charge in [0.15, 0.2) is 5.82 Å². The molecule has 0 saturated carbocycles. The molecule has 0 N–H and O–H groups in total. The average molecular weight is 706 g/mol. The molecule has 9 nitrogen and oxygen atoms in total. The Hall–Kier alpha value is -4.00. The molecular formula is C37H39ClF3N7O2. The molecule has 0 bridgehead atoms. The predicted octanol–water partition coefficient (Wildman–Crippen LogP) is 6.03. The van der Waals surface area contributed by atoms with E-state index in [1.807, 2.05) is 30.0 Å². The topological polar surface area (TPSA) is 77.9 Å². The van der Waals surface area contributed by atoms with Crippen molar-refractivity contribution >= 4 is 45.0 Å². The fourth-order valence-corrected chi connectivity index (χ4v) is 8.48. The number of ether oxygens (including phenoxy) is 1. The number of halogens is 4. The summed E-state index contributed by atoms with van der Waals surface area (Å²) in [6, 6.07) is 8.19. The minimum Gasteiger partial charge on any atom is -0.461 e. The van der Waals surface area contributed by atoms with Crippen molar-refractivity contribution in [3.8, 4) is 17.3 Å². The number of carbonyl (C=O) groups is 1. The minimum atomic E-state index is -0.931. The van der Waals surface area contributed by atoms with Crippen molar-refractivity contribution in [1.82, 2.24) is 29.7 Å². The van der Waals surface area contributed by atoms with Crippen molar-refractivity contribution < 1.29 is 22.7 Å². The predicted molar refractivity (Wildman–Crippen MR) is 187 cm³/mol. The van der Waals surface area contributed by atoms with Gasteiger partial charge in [0.25, 0.3) is 0 Å². The molecule has 4 fully saturated rings. The van der Waals surface area contributed by atoms with Crippen molar-refractivity contribution in [1.29, 1.82) is 0 Å². The van der Waals surface area contributed by atoms with Crippen LogP contribution in [0.5, 0.6) is 6.01 Å². The zero-order valence-electron chi connectivity index (χ0n) is 28.1. The monoisotopic (exact) mass is 705 g/mol. The maximum Gasteiger partial charge on any atom is 0.319 e. The molecular weight excluding hydrogens is 667 g/mol. The number of rotatable bonds is 8. The van der Waals surface area contributed by atoms with Crippen LogP contribution in [0.2, 0.25) is 5.02 Å². The molecule has 0 radical (unpaired) electrons. The van der Waals surface area contributed by atoms with Crippen LogP contribution in [0.15, 0.2) is 48.7 Å². The van der Waals surface area contributed by atoms with Gasteiger partial charge in [0.1, 0.15) is 35.6 Å². The van der Waals surface area contributed by atoms with Crippen molar-refractivity contribution in [3.05, 3.63) is 65.3 Å². The summed E-state index contributed by atoms with van der Waals surface area (Å²) in [6.45, 7) is 3.41. The highest BCUT2D eigenvalue weighted by Gasteiger charge is 2.49. The number of pyridine rings is 1. The van der Waals surface area contributed by atoms with Crippen LogP contribution in [0, 0.1) is 11.6 Å². The fourth-order valence-electron chi connectivity index (χ4n) is 8.21. The normalized spacial score (nSPS) is 25.6. The lowest BCUT2D eigenvalue weighted by molar-refractivity contribution is -0.125. The van der Waals surface area contributed by atoms with Gasteiger partial charge in [-0.1, -0.05) is 41.9 Å². The molecule has 0 unspecified atom stereocenters. The van der Waals surface area contributed by atoms with Crippen LogP contribution in [0.25, 0.3) is 32.9 Å². The number of likely N-dealkylation sites (N-methyl/N-ethyl adjacent to an activating group) is 2. The molecule has 4 saturated heterocycles. The number of nitrogens with zero attached hydrogens (tertiary/aromatic N) is 7. The van der Waals surface area contributed by atoms with E-state index in [-0.39, 0.29) is 46.8 Å². The number of amides is 1. The summed E-state index contributed by atoms with van der Waals surface area (Å²) in [5.41, 5.74) is -0.176. The number of fused-ring (bicyclic) bond motifs is 3. The summed E-state index contributed by atoms with van der Waals surface area (Å²) < 4.78 is 52.2. The van der Waals surface area contributed by atoms with Gasteiger partial charge in [-0.25, -0.2) is 13.2 Å². The summed E-state index contributed by atoms with van der Waals surface area (Å²) in [5, 5.41) is 1.23. The molecule has 6 heterocycles. The van der Waals surface area contributed by atoms with Crippen LogP contribution in [0.3, 0.4) is 0 Å². The summed E-state index contributed by atoms with van der Waals surface area (Å²) >= 11 is 6.42. The van der Waals surface area contributed by atoms with Crippen LogP contribution in [0.1, 0.15) is 32.1 Å². The maximum atomic E-state index is 16.8. The number of likely N-dealkylation sites (tertiary alicyclic amines) is 2. The molecule has 4 aromatic rings. The Bertz CT molecular complexity index is 2020. The van der Waals surface area contributed by atoms with E-state index in [0.29, 0.717) is 60.0 Å². The summed E-state index contributed by atoms with van der Waals surface area (Å²) in [6.07, 6.45) is 8.06. The molecule has 4 aliphatic rings. The Kier molecular flexibility index (Phi) is 8.59. The zero-order valence-corrected chi connectivity index (χ0v) is 28.8. The van der Waals surface area contributed by atoms with E-state index in [1.54, 1.807) is 30.3 Å². The average Bonchev–Trinajstić information content (AvgIpc) is 3.83. The number of hydrogen-bond acceptors (Lipinski definition) is 8. The van der Waals surface area contributed by atoms with Gasteiger partial charge < -0.3 is 14.5 Å². The highest BCUT2D eigenvalue weighted by atomic mass is 35.5. The second-order valence-corrected chi connectivity index (χ2v) is 14.6. The van der Waals surface area contributed by atoms with Crippen LogP contribution < -0.4 is 9.64 Å². The lowest BCUT2D eigenvalue weighted by Crippen LogP contribution is -2.43. The smallest absolute Gasteiger partial charge is 0.319 e. The number of alkyl halides is 1. The molecule has 50 heavy (non-hydrogen) atoms. The van der Waals surface area contributed by atoms with Crippen LogP contribution in [-0.2, 0) is 4.79 Å².